The largest absolute Gasteiger partial charge is 0.553 e. The molecule has 1 N–H and O–H groups in total. The van der Waals surface area contributed by atoms with Crippen LogP contribution >= 0.6 is 0 Å². The molecule has 0 amide bonds. The van der Waals surface area contributed by atoms with Gasteiger partial charge in [0, 0.05) is 7.11 Å². The van der Waals surface area contributed by atoms with Crippen LogP contribution in [0.3, 0.4) is 0 Å². The Kier molecular flexibility index (Phi) is 10.8. The Morgan fingerprint density at radius 1 is 1.45 bits per heavy atom. The molecule has 0 aliphatic carbocycles. The summed E-state index contributed by atoms with van der Waals surface area (Å²) in [7, 11) is 3.23. The molecule has 0 saturated carbocycles. The highest BCUT2D eigenvalue weighted by atomic mass is 16.6. The van der Waals surface area contributed by atoms with E-state index in [1.165, 1.54) is 13.1 Å². The van der Waals surface area contributed by atoms with E-state index in [1.807, 2.05) is 0 Å². The molecular weight excluding hydrogens is 146 g/mol. The molecule has 0 atom stereocenters. The van der Waals surface area contributed by atoms with E-state index in [4.69, 9.17) is 9.90 Å². The average molecular weight is 163 g/mol. The summed E-state index contributed by atoms with van der Waals surface area (Å²) in [5, 5.41) is 9.03. The van der Waals surface area contributed by atoms with Gasteiger partial charge in [-0.3, -0.25) is 0 Å². The van der Waals surface area contributed by atoms with E-state index in [-0.39, 0.29) is 0 Å². The standard InChI is InChI=1S/C5H13N.C2H4O3/c1-4-6(3)5-2;1-5-2(3)4/h4-5H2,1-3H3;1H3,(H,3,4). The van der Waals surface area contributed by atoms with Crippen molar-refractivity contribution in [3.63, 3.8) is 0 Å². The Morgan fingerprint density at radius 2 is 1.73 bits per heavy atom. The fraction of sp³-hybridized carbons (Fsp3) is 0.857. The van der Waals surface area contributed by atoms with Crippen molar-refractivity contribution in [2.75, 3.05) is 27.2 Å². The molecule has 11 heavy (non-hydrogen) atoms. The van der Waals surface area contributed by atoms with Gasteiger partial charge in [0.25, 0.3) is 6.16 Å². The van der Waals surface area contributed by atoms with Gasteiger partial charge in [-0.25, -0.2) is 0 Å². The summed E-state index contributed by atoms with van der Waals surface area (Å²) in [6.45, 7) is 6.88. The predicted octanol–water partition coefficient (Wildman–Crippen LogP) is -1.48. The molecule has 0 aliphatic heterocycles. The van der Waals surface area contributed by atoms with E-state index in [0.29, 0.717) is 0 Å². The lowest BCUT2D eigenvalue weighted by Crippen LogP contribution is -3.08. The molecule has 0 rings (SSSR count). The number of rotatable bonds is 2. The highest BCUT2D eigenvalue weighted by Crippen LogP contribution is 1.53. The lowest BCUT2D eigenvalue weighted by atomic mass is 10.6. The van der Waals surface area contributed by atoms with Gasteiger partial charge in [-0.1, -0.05) is 0 Å². The fourth-order valence-corrected chi connectivity index (χ4v) is 0.250. The van der Waals surface area contributed by atoms with Crippen LogP contribution in [0.15, 0.2) is 0 Å². The highest BCUT2D eigenvalue weighted by Gasteiger charge is 1.85. The normalized spacial score (nSPS) is 8.45. The first kappa shape index (κ1) is 12.9. The Morgan fingerprint density at radius 3 is 1.73 bits per heavy atom. The molecule has 0 spiro atoms. The van der Waals surface area contributed by atoms with Gasteiger partial charge >= 0.3 is 0 Å². The molecule has 0 saturated heterocycles. The number of methoxy groups -OCH3 is 1. The van der Waals surface area contributed by atoms with Crippen LogP contribution in [-0.2, 0) is 4.74 Å². The second kappa shape index (κ2) is 9.23. The van der Waals surface area contributed by atoms with Crippen LogP contribution in [0.4, 0.5) is 4.79 Å². The summed E-state index contributed by atoms with van der Waals surface area (Å²) in [6.07, 6.45) is -1.50. The Bertz CT molecular complexity index is 91.7. The fourth-order valence-electron chi connectivity index (χ4n) is 0.250. The van der Waals surface area contributed by atoms with Crippen molar-refractivity contribution >= 4 is 6.16 Å². The second-order valence-electron chi connectivity index (χ2n) is 2.12. The highest BCUT2D eigenvalue weighted by molar-refractivity contribution is 5.53. The Hall–Kier alpha value is -0.770. The van der Waals surface area contributed by atoms with Gasteiger partial charge in [0.05, 0.1) is 20.1 Å². The number of carbonyl (C=O) groups is 1. The van der Waals surface area contributed by atoms with Gasteiger partial charge < -0.3 is 19.5 Å². The minimum absolute atomic E-state index is 1.04. The van der Waals surface area contributed by atoms with Crippen molar-refractivity contribution in [3.8, 4) is 0 Å². The summed E-state index contributed by atoms with van der Waals surface area (Å²) in [5.74, 6) is 0. The molecule has 0 unspecified atom stereocenters. The van der Waals surface area contributed by atoms with Gasteiger partial charge in [0.1, 0.15) is 0 Å². The van der Waals surface area contributed by atoms with Crippen LogP contribution in [0.25, 0.3) is 0 Å². The first-order chi connectivity index (χ1) is 5.08. The maximum Gasteiger partial charge on any atom is 0.251 e. The molecule has 0 aromatic carbocycles. The summed E-state index contributed by atoms with van der Waals surface area (Å²) >= 11 is 0. The third-order valence-corrected chi connectivity index (χ3v) is 1.37. The number of nitrogens with one attached hydrogen (secondary N) is 1. The van der Waals surface area contributed by atoms with Crippen molar-refractivity contribution in [2.45, 2.75) is 13.8 Å². The maximum atomic E-state index is 9.03. The number of carboxylic acid groups (broad SMARTS) is 1. The number of hydrogen-bond acceptors (Lipinski definition) is 3. The van der Waals surface area contributed by atoms with Crippen LogP contribution < -0.4 is 10.0 Å². The number of hydrogen-bond donors (Lipinski definition) is 1. The zero-order valence-electron chi connectivity index (χ0n) is 7.64. The van der Waals surface area contributed by atoms with Crippen molar-refractivity contribution < 1.29 is 19.5 Å². The average Bonchev–Trinajstić information content (AvgIpc) is 2.04. The van der Waals surface area contributed by atoms with Crippen LogP contribution in [-0.4, -0.2) is 33.4 Å². The van der Waals surface area contributed by atoms with Crippen molar-refractivity contribution in [1.29, 1.82) is 0 Å². The molecule has 0 bridgehead atoms. The molecule has 0 aromatic rings. The molecule has 0 heterocycles. The van der Waals surface area contributed by atoms with Crippen LogP contribution in [0.5, 0.6) is 0 Å². The monoisotopic (exact) mass is 163 g/mol. The number of quaternary nitrogens is 1. The van der Waals surface area contributed by atoms with E-state index < -0.39 is 6.16 Å². The SMILES string of the molecule is CC[NH+](C)CC.COC(=O)[O-]. The molecule has 0 radical (unpaired) electrons. The molecule has 4 nitrogen and oxygen atoms in total. The van der Waals surface area contributed by atoms with Crippen molar-refractivity contribution in [2.24, 2.45) is 0 Å². The molecule has 0 aliphatic rings. The quantitative estimate of drug-likeness (QED) is 0.505. The molecule has 68 valence electrons. The predicted molar refractivity (Wildman–Crippen MR) is 40.4 cm³/mol. The third kappa shape index (κ3) is 17.6. The zero-order valence-corrected chi connectivity index (χ0v) is 7.64. The summed E-state index contributed by atoms with van der Waals surface area (Å²) in [4.78, 5) is 10.6. The van der Waals surface area contributed by atoms with Gasteiger partial charge in [-0.2, -0.15) is 0 Å². The smallest absolute Gasteiger partial charge is 0.251 e. The third-order valence-electron chi connectivity index (χ3n) is 1.37. The summed E-state index contributed by atoms with van der Waals surface area (Å²) < 4.78 is 3.56. The lowest BCUT2D eigenvalue weighted by Gasteiger charge is -2.04. The van der Waals surface area contributed by atoms with Gasteiger partial charge in [0.15, 0.2) is 0 Å². The first-order valence-corrected chi connectivity index (χ1v) is 3.64. The minimum Gasteiger partial charge on any atom is -0.553 e. The Labute approximate surface area is 67.8 Å². The molecule has 0 fully saturated rings. The lowest BCUT2D eigenvalue weighted by molar-refractivity contribution is -0.875. The van der Waals surface area contributed by atoms with Gasteiger partial charge in [0.2, 0.25) is 0 Å². The van der Waals surface area contributed by atoms with E-state index in [0.717, 1.165) is 7.11 Å². The number of carbonyl (C=O) groups excluding carboxylic acids is 1. The van der Waals surface area contributed by atoms with Crippen molar-refractivity contribution in [3.05, 3.63) is 0 Å². The zero-order chi connectivity index (χ0) is 9.28. The first-order valence-electron chi connectivity index (χ1n) is 3.64. The van der Waals surface area contributed by atoms with Crippen LogP contribution in [0, 0.1) is 0 Å². The van der Waals surface area contributed by atoms with Crippen molar-refractivity contribution in [1.82, 2.24) is 0 Å². The molecule has 4 heteroatoms. The van der Waals surface area contributed by atoms with E-state index in [1.54, 1.807) is 4.90 Å². The number of ether oxygens (including phenoxy) is 1. The van der Waals surface area contributed by atoms with E-state index >= 15 is 0 Å². The summed E-state index contributed by atoms with van der Waals surface area (Å²) in [6, 6.07) is 0. The van der Waals surface area contributed by atoms with E-state index in [2.05, 4.69) is 25.6 Å². The molecular formula is C7H17NO3. The topological polar surface area (TPSA) is 53.8 Å². The molecule has 0 aromatic heterocycles. The second-order valence-corrected chi connectivity index (χ2v) is 2.12. The van der Waals surface area contributed by atoms with Crippen LogP contribution in [0.1, 0.15) is 13.8 Å². The summed E-state index contributed by atoms with van der Waals surface area (Å²) in [5.41, 5.74) is 0. The van der Waals surface area contributed by atoms with E-state index in [9.17, 15) is 0 Å². The van der Waals surface area contributed by atoms with Crippen LogP contribution in [0.2, 0.25) is 0 Å². The maximum absolute atomic E-state index is 9.03. The van der Waals surface area contributed by atoms with Gasteiger partial charge in [-0.05, 0) is 13.8 Å². The van der Waals surface area contributed by atoms with Gasteiger partial charge in [-0.15, -0.1) is 0 Å². The minimum atomic E-state index is -1.50. The Balaban J connectivity index is 0.